The van der Waals surface area contributed by atoms with E-state index in [9.17, 15) is 41.5 Å². The number of hydrogen-bond acceptors (Lipinski definition) is 11. The van der Waals surface area contributed by atoms with Gasteiger partial charge in [0.1, 0.15) is 18.8 Å². The first-order valence-electron chi connectivity index (χ1n) is 10.9. The van der Waals surface area contributed by atoms with E-state index < -0.39 is 108 Å². The van der Waals surface area contributed by atoms with Gasteiger partial charge in [0, 0.05) is 40.0 Å². The van der Waals surface area contributed by atoms with E-state index in [2.05, 4.69) is 4.74 Å². The summed E-state index contributed by atoms with van der Waals surface area (Å²) in [6.45, 7) is 3.25. The number of Topliss-reactive ketones (excluding diaryl/α,β-unsaturated/α-hetero) is 1. The molecule has 0 bridgehead atoms. The number of esters is 4. The number of halogens is 4. The Hall–Kier alpha value is -3.75. The molecule has 11 nitrogen and oxygen atoms in total. The highest BCUT2D eigenvalue weighted by molar-refractivity contribution is 5.97. The van der Waals surface area contributed by atoms with Gasteiger partial charge in [-0.1, -0.05) is 0 Å². The van der Waals surface area contributed by atoms with Gasteiger partial charge in [-0.2, -0.15) is 8.78 Å². The Morgan fingerprint density at radius 1 is 0.737 bits per heavy atom. The second-order valence-corrected chi connectivity index (χ2v) is 8.06. The lowest BCUT2D eigenvalue weighted by molar-refractivity contribution is -0.287. The van der Waals surface area contributed by atoms with Crippen molar-refractivity contribution in [3.63, 3.8) is 0 Å². The highest BCUT2D eigenvalue weighted by Crippen LogP contribution is 2.37. The molecule has 1 aromatic carbocycles. The third-order valence-electron chi connectivity index (χ3n) is 5.25. The first-order chi connectivity index (χ1) is 17.7. The topological polar surface area (TPSA) is 141 Å². The van der Waals surface area contributed by atoms with Crippen LogP contribution in [-0.2, 0) is 42.9 Å². The van der Waals surface area contributed by atoms with Crippen molar-refractivity contribution in [1.82, 2.24) is 0 Å². The number of methoxy groups -OCH3 is 1. The highest BCUT2D eigenvalue weighted by Gasteiger charge is 2.52. The molecular formula is C23H24F4O11. The number of ketones is 1. The normalized spacial score (nSPS) is 22.7. The average Bonchev–Trinajstić information content (AvgIpc) is 2.80. The fraction of sp³-hybridized carbons (Fsp3) is 0.522. The van der Waals surface area contributed by atoms with Crippen molar-refractivity contribution < 1.29 is 70.0 Å². The summed E-state index contributed by atoms with van der Waals surface area (Å²) in [4.78, 5) is 59.8. The van der Waals surface area contributed by atoms with Crippen molar-refractivity contribution >= 4 is 29.7 Å². The first kappa shape index (κ1) is 30.5. The number of carbonyl (C=O) groups is 5. The Morgan fingerprint density at radius 3 is 1.68 bits per heavy atom. The van der Waals surface area contributed by atoms with Crippen LogP contribution in [0.3, 0.4) is 0 Å². The Labute approximate surface area is 213 Å². The number of benzene rings is 1. The molecule has 0 aromatic heterocycles. The summed E-state index contributed by atoms with van der Waals surface area (Å²) in [5, 5.41) is 0. The van der Waals surface area contributed by atoms with Crippen LogP contribution >= 0.6 is 0 Å². The van der Waals surface area contributed by atoms with Gasteiger partial charge in [-0.05, 0) is 0 Å². The summed E-state index contributed by atoms with van der Waals surface area (Å²) in [6.07, 6.45) is -7.63. The predicted molar refractivity (Wildman–Crippen MR) is 113 cm³/mol. The lowest BCUT2D eigenvalue weighted by Gasteiger charge is -2.44. The molecular weight excluding hydrogens is 528 g/mol. The van der Waals surface area contributed by atoms with Crippen LogP contribution < -0.4 is 4.74 Å². The van der Waals surface area contributed by atoms with E-state index in [1.807, 2.05) is 0 Å². The van der Waals surface area contributed by atoms with Gasteiger partial charge in [0.15, 0.2) is 29.3 Å². The van der Waals surface area contributed by atoms with E-state index in [0.29, 0.717) is 0 Å². The summed E-state index contributed by atoms with van der Waals surface area (Å²) in [5.41, 5.74) is -1.63. The van der Waals surface area contributed by atoms with Crippen LogP contribution in [0.25, 0.3) is 0 Å². The molecule has 1 aliphatic heterocycles. The molecule has 0 N–H and O–H groups in total. The molecule has 0 saturated carbocycles. The van der Waals surface area contributed by atoms with Gasteiger partial charge < -0.3 is 28.4 Å². The quantitative estimate of drug-likeness (QED) is 0.146. The summed E-state index contributed by atoms with van der Waals surface area (Å²) < 4.78 is 87.9. The number of carbonyl (C=O) groups excluding carboxylic acids is 5. The SMILES string of the molecule is COc1c(F)c(F)c(C(=O)C[C@@H]2C(OC(C)=O)[C@H](OC(C)=O)OC(COC(C)=O)[C@@H]2OC(C)=O)c(F)c1F. The zero-order valence-corrected chi connectivity index (χ0v) is 20.8. The van der Waals surface area contributed by atoms with Crippen LogP contribution in [0.15, 0.2) is 0 Å². The van der Waals surface area contributed by atoms with E-state index in [1.54, 1.807) is 0 Å². The molecule has 5 atom stereocenters. The van der Waals surface area contributed by atoms with Crippen molar-refractivity contribution in [2.24, 2.45) is 5.92 Å². The van der Waals surface area contributed by atoms with E-state index in [1.165, 1.54) is 0 Å². The summed E-state index contributed by atoms with van der Waals surface area (Å²) in [6, 6.07) is 0. The summed E-state index contributed by atoms with van der Waals surface area (Å²) >= 11 is 0. The molecule has 1 fully saturated rings. The molecule has 1 aliphatic rings. The fourth-order valence-electron chi connectivity index (χ4n) is 3.86. The van der Waals surface area contributed by atoms with Gasteiger partial charge in [0.25, 0.3) is 0 Å². The largest absolute Gasteiger partial charge is 0.491 e. The van der Waals surface area contributed by atoms with Crippen molar-refractivity contribution in [3.05, 3.63) is 28.8 Å². The number of ether oxygens (including phenoxy) is 6. The van der Waals surface area contributed by atoms with E-state index in [-0.39, 0.29) is 0 Å². The van der Waals surface area contributed by atoms with Gasteiger partial charge >= 0.3 is 23.9 Å². The van der Waals surface area contributed by atoms with Crippen LogP contribution in [0.2, 0.25) is 0 Å². The minimum atomic E-state index is -2.07. The van der Waals surface area contributed by atoms with Crippen molar-refractivity contribution in [3.8, 4) is 5.75 Å². The van der Waals surface area contributed by atoms with Gasteiger partial charge in [-0.15, -0.1) is 0 Å². The van der Waals surface area contributed by atoms with Gasteiger partial charge in [-0.25, -0.2) is 8.78 Å². The zero-order valence-electron chi connectivity index (χ0n) is 20.8. The molecule has 15 heteroatoms. The first-order valence-corrected chi connectivity index (χ1v) is 10.9. The van der Waals surface area contributed by atoms with E-state index in [0.717, 1.165) is 34.8 Å². The van der Waals surface area contributed by atoms with Crippen LogP contribution in [0.4, 0.5) is 17.6 Å². The van der Waals surface area contributed by atoms with Crippen LogP contribution in [0, 0.1) is 29.2 Å². The lowest BCUT2D eigenvalue weighted by atomic mass is 9.83. The van der Waals surface area contributed by atoms with Crippen molar-refractivity contribution in [1.29, 1.82) is 0 Å². The third kappa shape index (κ3) is 6.96. The minimum absolute atomic E-state index is 0.628. The van der Waals surface area contributed by atoms with Crippen LogP contribution in [0.5, 0.6) is 5.75 Å². The third-order valence-corrected chi connectivity index (χ3v) is 5.25. The lowest BCUT2D eigenvalue weighted by Crippen LogP contribution is -2.59. The molecule has 0 amide bonds. The molecule has 0 spiro atoms. The fourth-order valence-corrected chi connectivity index (χ4v) is 3.86. The highest BCUT2D eigenvalue weighted by atomic mass is 19.2. The molecule has 1 aromatic rings. The molecule has 2 unspecified atom stereocenters. The molecule has 38 heavy (non-hydrogen) atoms. The number of rotatable bonds is 9. The van der Waals surface area contributed by atoms with E-state index in [4.69, 9.17) is 23.7 Å². The minimum Gasteiger partial charge on any atom is -0.491 e. The Bertz CT molecular complexity index is 1090. The molecule has 0 aliphatic carbocycles. The standard InChI is InChI=1S/C23H24F4O11/c1-8(28)34-7-14-20(35-9(2)29)12(21(36-10(3)30)23(38-14)37-11(4)31)6-13(32)15-16(24)18(26)22(33-5)19(27)17(15)25/h12,14,20-21,23H,6-7H2,1-5H3/t12-,14?,20+,21?,23+/m0/s1. The number of hydrogen-bond donors (Lipinski definition) is 0. The Balaban J connectivity index is 2.64. The van der Waals surface area contributed by atoms with Crippen LogP contribution in [0.1, 0.15) is 44.5 Å². The molecule has 210 valence electrons. The van der Waals surface area contributed by atoms with Gasteiger partial charge in [0.2, 0.25) is 17.9 Å². The Kier molecular flexibility index (Phi) is 10.2. The zero-order chi connectivity index (χ0) is 28.9. The average molecular weight is 552 g/mol. The van der Waals surface area contributed by atoms with Crippen molar-refractivity contribution in [2.75, 3.05) is 13.7 Å². The maximum atomic E-state index is 14.6. The predicted octanol–water partition coefficient (Wildman–Crippen LogP) is 2.16. The van der Waals surface area contributed by atoms with Crippen molar-refractivity contribution in [2.45, 2.75) is 58.7 Å². The molecule has 2 rings (SSSR count). The van der Waals surface area contributed by atoms with Gasteiger partial charge in [-0.3, -0.25) is 24.0 Å². The summed E-state index contributed by atoms with van der Waals surface area (Å²) in [5.74, 6) is -16.4. The smallest absolute Gasteiger partial charge is 0.305 e. The summed E-state index contributed by atoms with van der Waals surface area (Å²) in [7, 11) is 0.746. The monoisotopic (exact) mass is 552 g/mol. The maximum Gasteiger partial charge on any atom is 0.305 e. The second kappa shape index (κ2) is 12.7. The molecule has 0 radical (unpaired) electrons. The second-order valence-electron chi connectivity index (χ2n) is 8.06. The molecule has 1 saturated heterocycles. The van der Waals surface area contributed by atoms with Gasteiger partial charge in [0.05, 0.1) is 12.7 Å². The molecule has 1 heterocycles. The Morgan fingerprint density at radius 2 is 1.24 bits per heavy atom. The maximum absolute atomic E-state index is 14.6. The van der Waals surface area contributed by atoms with Crippen LogP contribution in [-0.4, -0.2) is 68.0 Å². The van der Waals surface area contributed by atoms with E-state index >= 15 is 0 Å².